The molecule has 1 aliphatic heterocycles. The van der Waals surface area contributed by atoms with Crippen molar-refractivity contribution < 1.29 is 33.6 Å². The average molecular weight is 276 g/mol. The van der Waals surface area contributed by atoms with Gasteiger partial charge in [-0.1, -0.05) is 0 Å². The minimum atomic E-state index is -1.04. The molecule has 1 fully saturated rings. The molecule has 0 saturated carbocycles. The third-order valence-corrected chi connectivity index (χ3v) is 3.03. The normalized spacial score (nSPS) is 21.3. The van der Waals surface area contributed by atoms with E-state index < -0.39 is 24.0 Å². The zero-order valence-corrected chi connectivity index (χ0v) is 11.2. The van der Waals surface area contributed by atoms with Gasteiger partial charge in [-0.15, -0.1) is 0 Å². The molecule has 19 heavy (non-hydrogen) atoms. The van der Waals surface area contributed by atoms with Gasteiger partial charge in [0.25, 0.3) is 6.29 Å². The summed E-state index contributed by atoms with van der Waals surface area (Å²) in [5, 5.41) is 8.47. The first-order chi connectivity index (χ1) is 9.04. The maximum absolute atomic E-state index is 11.6. The van der Waals surface area contributed by atoms with Crippen molar-refractivity contribution >= 4 is 11.9 Å². The van der Waals surface area contributed by atoms with Gasteiger partial charge in [-0.25, -0.2) is 0 Å². The third kappa shape index (κ3) is 4.45. The molecule has 1 rings (SSSR count). The molecular formula is C12H20O7. The summed E-state index contributed by atoms with van der Waals surface area (Å²) in [5.74, 6) is -2.36. The molecule has 7 heteroatoms. The van der Waals surface area contributed by atoms with Crippen LogP contribution in [-0.4, -0.2) is 49.9 Å². The van der Waals surface area contributed by atoms with Crippen LogP contribution in [0.1, 0.15) is 32.1 Å². The maximum Gasteiger partial charge on any atom is 0.308 e. The lowest BCUT2D eigenvalue weighted by Crippen LogP contribution is -2.44. The van der Waals surface area contributed by atoms with Crippen LogP contribution in [0, 0.1) is 0 Å². The van der Waals surface area contributed by atoms with Crippen molar-refractivity contribution in [3.63, 3.8) is 0 Å². The van der Waals surface area contributed by atoms with Gasteiger partial charge in [0.15, 0.2) is 0 Å². The number of rotatable bonds is 8. The van der Waals surface area contributed by atoms with Crippen molar-refractivity contribution in [1.82, 2.24) is 0 Å². The van der Waals surface area contributed by atoms with E-state index in [4.69, 9.17) is 24.1 Å². The quantitative estimate of drug-likeness (QED) is 0.400. The van der Waals surface area contributed by atoms with E-state index in [-0.39, 0.29) is 12.8 Å². The molecule has 1 unspecified atom stereocenters. The van der Waals surface area contributed by atoms with Crippen LogP contribution in [0.25, 0.3) is 0 Å². The van der Waals surface area contributed by atoms with E-state index in [0.717, 1.165) is 0 Å². The Morgan fingerprint density at radius 3 is 2.47 bits per heavy atom. The van der Waals surface area contributed by atoms with Gasteiger partial charge < -0.3 is 24.1 Å². The van der Waals surface area contributed by atoms with Gasteiger partial charge in [0.05, 0.1) is 6.61 Å². The summed E-state index contributed by atoms with van der Waals surface area (Å²) >= 11 is 0. The Kier molecular flexibility index (Phi) is 6.20. The molecule has 1 N–H and O–H groups in total. The fraction of sp³-hybridized carbons (Fsp3) is 0.833. The Balaban J connectivity index is 2.33. The highest BCUT2D eigenvalue weighted by molar-refractivity contribution is 5.70. The van der Waals surface area contributed by atoms with Crippen LogP contribution < -0.4 is 0 Å². The van der Waals surface area contributed by atoms with Crippen molar-refractivity contribution in [3.05, 3.63) is 0 Å². The average Bonchev–Trinajstić information content (AvgIpc) is 2.78. The Morgan fingerprint density at radius 1 is 1.26 bits per heavy atom. The number of esters is 1. The smallest absolute Gasteiger partial charge is 0.308 e. The van der Waals surface area contributed by atoms with Gasteiger partial charge in [0.1, 0.15) is 0 Å². The zero-order chi connectivity index (χ0) is 14.3. The van der Waals surface area contributed by atoms with Crippen LogP contribution in [0.4, 0.5) is 0 Å². The van der Waals surface area contributed by atoms with Crippen molar-refractivity contribution in [2.24, 2.45) is 0 Å². The molecule has 1 saturated heterocycles. The van der Waals surface area contributed by atoms with Gasteiger partial charge in [-0.2, -0.15) is 0 Å². The predicted molar refractivity (Wildman–Crippen MR) is 63.3 cm³/mol. The lowest BCUT2D eigenvalue weighted by atomic mass is 10.2. The summed E-state index contributed by atoms with van der Waals surface area (Å²) in [6.45, 7) is 0.388. The number of carboxylic acid groups (broad SMARTS) is 1. The minimum absolute atomic E-state index is 0.0489. The van der Waals surface area contributed by atoms with Crippen LogP contribution in [-0.2, 0) is 28.5 Å². The van der Waals surface area contributed by atoms with Crippen molar-refractivity contribution in [2.75, 3.05) is 20.8 Å². The topological polar surface area (TPSA) is 91.3 Å². The van der Waals surface area contributed by atoms with Gasteiger partial charge >= 0.3 is 11.9 Å². The standard InChI is InChI=1S/C12H20O7/c1-16-12(17-2)7-8-18-11(12)19-10(15)6-4-3-5-9(13)14/h11H,3-8H2,1-2H3,(H,13,14). The molecule has 1 heterocycles. The zero-order valence-electron chi connectivity index (χ0n) is 11.2. The molecule has 110 valence electrons. The number of carbonyl (C=O) groups is 2. The second-order valence-corrected chi connectivity index (χ2v) is 4.26. The third-order valence-electron chi connectivity index (χ3n) is 3.03. The van der Waals surface area contributed by atoms with Gasteiger partial charge in [-0.3, -0.25) is 9.59 Å². The van der Waals surface area contributed by atoms with E-state index in [2.05, 4.69) is 0 Å². The van der Waals surface area contributed by atoms with Crippen LogP contribution in [0.3, 0.4) is 0 Å². The first-order valence-electron chi connectivity index (χ1n) is 6.17. The molecule has 0 amide bonds. The van der Waals surface area contributed by atoms with E-state index in [1.165, 1.54) is 14.2 Å². The van der Waals surface area contributed by atoms with Gasteiger partial charge in [0, 0.05) is 33.5 Å². The first-order valence-corrected chi connectivity index (χ1v) is 6.17. The Bertz CT molecular complexity index is 311. The molecule has 1 aliphatic rings. The second kappa shape index (κ2) is 7.42. The molecule has 0 spiro atoms. The number of carboxylic acids is 1. The molecule has 0 bridgehead atoms. The fourth-order valence-electron chi connectivity index (χ4n) is 1.88. The summed E-state index contributed by atoms with van der Waals surface area (Å²) in [6, 6.07) is 0. The van der Waals surface area contributed by atoms with Crippen LogP contribution in [0.15, 0.2) is 0 Å². The van der Waals surface area contributed by atoms with Crippen molar-refractivity contribution in [2.45, 2.75) is 44.2 Å². The first kappa shape index (κ1) is 15.9. The largest absolute Gasteiger partial charge is 0.481 e. The van der Waals surface area contributed by atoms with Crippen LogP contribution in [0.2, 0.25) is 0 Å². The SMILES string of the molecule is COC1(OC)CCOC1OC(=O)CCCCC(=O)O. The summed E-state index contributed by atoms with van der Waals surface area (Å²) in [4.78, 5) is 21.9. The highest BCUT2D eigenvalue weighted by Crippen LogP contribution is 2.31. The lowest BCUT2D eigenvalue weighted by Gasteiger charge is -2.29. The molecule has 0 aliphatic carbocycles. The second-order valence-electron chi connectivity index (χ2n) is 4.26. The monoisotopic (exact) mass is 276 g/mol. The van der Waals surface area contributed by atoms with Gasteiger partial charge in [-0.05, 0) is 12.8 Å². The Labute approximate surface area is 111 Å². The van der Waals surface area contributed by atoms with E-state index in [9.17, 15) is 9.59 Å². The Hall–Kier alpha value is -1.18. The highest BCUT2D eigenvalue weighted by atomic mass is 16.8. The highest BCUT2D eigenvalue weighted by Gasteiger charge is 2.48. The number of unbranched alkanes of at least 4 members (excludes halogenated alkanes) is 1. The molecule has 1 atom stereocenters. The molecular weight excluding hydrogens is 256 g/mol. The van der Waals surface area contributed by atoms with E-state index in [1.807, 2.05) is 0 Å². The Morgan fingerprint density at radius 2 is 1.89 bits per heavy atom. The van der Waals surface area contributed by atoms with E-state index in [0.29, 0.717) is 25.9 Å². The number of hydrogen-bond donors (Lipinski definition) is 1. The molecule has 0 aromatic rings. The number of methoxy groups -OCH3 is 2. The number of ether oxygens (including phenoxy) is 4. The van der Waals surface area contributed by atoms with Gasteiger partial charge in [0.2, 0.25) is 5.79 Å². The summed E-state index contributed by atoms with van der Waals surface area (Å²) in [5.41, 5.74) is 0. The summed E-state index contributed by atoms with van der Waals surface area (Å²) in [7, 11) is 2.93. The number of carbonyl (C=O) groups excluding carboxylic acids is 1. The predicted octanol–water partition coefficient (Wildman–Crippen LogP) is 0.910. The lowest BCUT2D eigenvalue weighted by molar-refractivity contribution is -0.291. The number of aliphatic carboxylic acids is 1. The van der Waals surface area contributed by atoms with E-state index in [1.54, 1.807) is 0 Å². The summed E-state index contributed by atoms with van der Waals surface area (Å²) < 4.78 is 20.9. The van der Waals surface area contributed by atoms with Crippen molar-refractivity contribution in [1.29, 1.82) is 0 Å². The van der Waals surface area contributed by atoms with Crippen LogP contribution in [0.5, 0.6) is 0 Å². The number of hydrogen-bond acceptors (Lipinski definition) is 6. The molecule has 7 nitrogen and oxygen atoms in total. The molecule has 0 aromatic carbocycles. The minimum Gasteiger partial charge on any atom is -0.481 e. The molecule has 0 radical (unpaired) electrons. The van der Waals surface area contributed by atoms with E-state index >= 15 is 0 Å². The van der Waals surface area contributed by atoms with Crippen molar-refractivity contribution in [3.8, 4) is 0 Å². The van der Waals surface area contributed by atoms with Crippen LogP contribution >= 0.6 is 0 Å². The maximum atomic E-state index is 11.6. The fourth-order valence-corrected chi connectivity index (χ4v) is 1.88. The molecule has 0 aromatic heterocycles. The summed E-state index contributed by atoms with van der Waals surface area (Å²) in [6.07, 6.45) is 0.705.